The Kier molecular flexibility index (Phi) is 6.63. The summed E-state index contributed by atoms with van der Waals surface area (Å²) in [4.78, 5) is 11.9. The second kappa shape index (κ2) is 8.50. The van der Waals surface area contributed by atoms with Gasteiger partial charge in [0, 0.05) is 13.1 Å². The van der Waals surface area contributed by atoms with Gasteiger partial charge in [0.2, 0.25) is 5.91 Å². The first-order chi connectivity index (χ1) is 11.8. The molecule has 1 aromatic rings. The molecule has 0 aliphatic carbocycles. The average molecular weight is 362 g/mol. The van der Waals surface area contributed by atoms with E-state index in [-0.39, 0.29) is 30.9 Å². The third-order valence-electron chi connectivity index (χ3n) is 3.78. The Balaban J connectivity index is 1.74. The molecule has 1 aromatic carbocycles. The number of nitrogens with one attached hydrogen (secondary N) is 1. The van der Waals surface area contributed by atoms with Gasteiger partial charge in [0.15, 0.2) is 0 Å². The Bertz CT molecular complexity index is 583. The first-order valence-corrected chi connectivity index (χ1v) is 7.91. The van der Waals surface area contributed by atoms with Crippen molar-refractivity contribution in [3.05, 3.63) is 29.8 Å². The maximum atomic E-state index is 12.6. The zero-order chi connectivity index (χ0) is 18.4. The van der Waals surface area contributed by atoms with Gasteiger partial charge in [0.1, 0.15) is 24.6 Å². The van der Waals surface area contributed by atoms with E-state index in [0.29, 0.717) is 19.4 Å². The molecule has 1 amide bonds. The first-order valence-electron chi connectivity index (χ1n) is 7.91. The summed E-state index contributed by atoms with van der Waals surface area (Å²) in [7, 11) is 0. The number of aliphatic hydroxyl groups is 1. The summed E-state index contributed by atoms with van der Waals surface area (Å²) in [5, 5.41) is 12.3. The number of ether oxygens (including phenoxy) is 2. The summed E-state index contributed by atoms with van der Waals surface area (Å²) in [6.45, 7) is 0.000715. The normalized spacial score (nSPS) is 21.8. The van der Waals surface area contributed by atoms with Crippen LogP contribution >= 0.6 is 0 Å². The van der Waals surface area contributed by atoms with Crippen molar-refractivity contribution in [2.75, 3.05) is 19.7 Å². The van der Waals surface area contributed by atoms with Crippen LogP contribution in [0.25, 0.3) is 0 Å². The Morgan fingerprint density at radius 2 is 2.20 bits per heavy atom. The number of rotatable bonds is 7. The van der Waals surface area contributed by atoms with Crippen molar-refractivity contribution in [1.82, 2.24) is 5.32 Å². The van der Waals surface area contributed by atoms with E-state index in [1.807, 2.05) is 0 Å². The zero-order valence-electron chi connectivity index (χ0n) is 13.5. The number of hydrogen-bond acceptors (Lipinski definition) is 5. The summed E-state index contributed by atoms with van der Waals surface area (Å²) in [6, 6.07) is 4.36. The van der Waals surface area contributed by atoms with E-state index in [2.05, 4.69) is 5.32 Å². The molecule has 1 unspecified atom stereocenters. The fourth-order valence-electron chi connectivity index (χ4n) is 2.42. The maximum absolute atomic E-state index is 12.6. The van der Waals surface area contributed by atoms with E-state index in [0.717, 1.165) is 12.1 Å². The lowest BCUT2D eigenvalue weighted by molar-refractivity contribution is -0.137. The van der Waals surface area contributed by atoms with E-state index in [4.69, 9.17) is 15.2 Å². The molecule has 0 bridgehead atoms. The number of aliphatic hydroxyl groups excluding tert-OH is 1. The lowest BCUT2D eigenvalue weighted by Gasteiger charge is -2.16. The highest BCUT2D eigenvalue weighted by Gasteiger charge is 2.31. The van der Waals surface area contributed by atoms with Crippen molar-refractivity contribution in [3.8, 4) is 5.75 Å². The van der Waals surface area contributed by atoms with E-state index in [1.165, 1.54) is 12.1 Å². The molecular formula is C16H21F3N2O4. The van der Waals surface area contributed by atoms with Crippen LogP contribution in [-0.4, -0.2) is 49.0 Å². The van der Waals surface area contributed by atoms with Gasteiger partial charge in [0.25, 0.3) is 0 Å². The number of halogens is 3. The predicted octanol–water partition coefficient (Wildman–Crippen LogP) is 1.07. The summed E-state index contributed by atoms with van der Waals surface area (Å²) in [5.74, 6) is -0.362. The van der Waals surface area contributed by atoms with Crippen molar-refractivity contribution < 1.29 is 32.5 Å². The molecule has 0 radical (unpaired) electrons. The minimum absolute atomic E-state index is 0.00915. The van der Waals surface area contributed by atoms with Crippen molar-refractivity contribution in [1.29, 1.82) is 0 Å². The van der Waals surface area contributed by atoms with Gasteiger partial charge in [-0.1, -0.05) is 6.07 Å². The standard InChI is InChI=1S/C16H21F3N2O4/c17-16(18,19)10-2-1-3-12(6-10)24-9-11(22)8-21-15(23)14-5-4-13(7-20)25-14/h1-3,6,11,13-14,22H,4-5,7-9,20H2,(H,21,23)/t11?,13-,14+/m1/s1. The number of carbonyl (C=O) groups excluding carboxylic acids is 1. The third-order valence-corrected chi connectivity index (χ3v) is 3.78. The highest BCUT2D eigenvalue weighted by molar-refractivity contribution is 5.81. The monoisotopic (exact) mass is 362 g/mol. The van der Waals surface area contributed by atoms with Gasteiger partial charge >= 0.3 is 6.18 Å². The fourth-order valence-corrected chi connectivity index (χ4v) is 2.42. The molecule has 6 nitrogen and oxygen atoms in total. The van der Waals surface area contributed by atoms with Crippen LogP contribution < -0.4 is 15.8 Å². The van der Waals surface area contributed by atoms with E-state index >= 15 is 0 Å². The number of amides is 1. The zero-order valence-corrected chi connectivity index (χ0v) is 13.5. The molecule has 4 N–H and O–H groups in total. The van der Waals surface area contributed by atoms with Crippen LogP contribution in [0.3, 0.4) is 0 Å². The molecule has 1 fully saturated rings. The topological polar surface area (TPSA) is 93.8 Å². The lowest BCUT2D eigenvalue weighted by atomic mass is 10.2. The van der Waals surface area contributed by atoms with Crippen LogP contribution in [0, 0.1) is 0 Å². The van der Waals surface area contributed by atoms with Crippen LogP contribution in [0.4, 0.5) is 13.2 Å². The van der Waals surface area contributed by atoms with Crippen LogP contribution in [0.1, 0.15) is 18.4 Å². The summed E-state index contributed by atoms with van der Waals surface area (Å²) in [6.07, 6.45) is -4.99. The minimum atomic E-state index is -4.46. The van der Waals surface area contributed by atoms with Crippen LogP contribution in [0.2, 0.25) is 0 Å². The lowest BCUT2D eigenvalue weighted by Crippen LogP contribution is -2.41. The van der Waals surface area contributed by atoms with Gasteiger partial charge < -0.3 is 25.6 Å². The van der Waals surface area contributed by atoms with Crippen molar-refractivity contribution in [2.45, 2.75) is 37.3 Å². The molecule has 25 heavy (non-hydrogen) atoms. The van der Waals surface area contributed by atoms with Crippen LogP contribution in [0.15, 0.2) is 24.3 Å². The number of alkyl halides is 3. The van der Waals surface area contributed by atoms with Crippen molar-refractivity contribution in [3.63, 3.8) is 0 Å². The van der Waals surface area contributed by atoms with Gasteiger partial charge in [-0.05, 0) is 31.0 Å². The number of benzene rings is 1. The summed E-state index contributed by atoms with van der Waals surface area (Å²) >= 11 is 0. The van der Waals surface area contributed by atoms with Crippen molar-refractivity contribution in [2.24, 2.45) is 5.73 Å². The molecule has 3 atom stereocenters. The highest BCUT2D eigenvalue weighted by Crippen LogP contribution is 2.31. The molecule has 1 aliphatic rings. The van der Waals surface area contributed by atoms with E-state index in [1.54, 1.807) is 0 Å². The molecule has 0 aromatic heterocycles. The molecule has 1 aliphatic heterocycles. The average Bonchev–Trinajstić information content (AvgIpc) is 3.06. The van der Waals surface area contributed by atoms with Gasteiger partial charge in [0.05, 0.1) is 11.7 Å². The molecule has 0 spiro atoms. The van der Waals surface area contributed by atoms with E-state index < -0.39 is 23.9 Å². The van der Waals surface area contributed by atoms with Gasteiger partial charge in [-0.25, -0.2) is 0 Å². The maximum Gasteiger partial charge on any atom is 0.416 e. The van der Waals surface area contributed by atoms with E-state index in [9.17, 15) is 23.1 Å². The molecule has 2 rings (SSSR count). The molecule has 140 valence electrons. The second-order valence-corrected chi connectivity index (χ2v) is 5.80. The predicted molar refractivity (Wildman–Crippen MR) is 82.9 cm³/mol. The van der Waals surface area contributed by atoms with Crippen LogP contribution in [-0.2, 0) is 15.7 Å². The quantitative estimate of drug-likeness (QED) is 0.675. The minimum Gasteiger partial charge on any atom is -0.491 e. The van der Waals surface area contributed by atoms with Gasteiger partial charge in [-0.2, -0.15) is 13.2 Å². The molecule has 1 saturated heterocycles. The van der Waals surface area contributed by atoms with Gasteiger partial charge in [-0.3, -0.25) is 4.79 Å². The Labute approximate surface area is 143 Å². The number of hydrogen-bond donors (Lipinski definition) is 3. The fraction of sp³-hybridized carbons (Fsp3) is 0.562. The third kappa shape index (κ3) is 5.87. The molecular weight excluding hydrogens is 341 g/mol. The molecule has 9 heteroatoms. The highest BCUT2D eigenvalue weighted by atomic mass is 19.4. The van der Waals surface area contributed by atoms with Crippen LogP contribution in [0.5, 0.6) is 5.75 Å². The number of nitrogens with two attached hydrogens (primary N) is 1. The van der Waals surface area contributed by atoms with Crippen molar-refractivity contribution >= 4 is 5.91 Å². The summed E-state index contributed by atoms with van der Waals surface area (Å²) in [5.41, 5.74) is 4.63. The van der Waals surface area contributed by atoms with Gasteiger partial charge in [-0.15, -0.1) is 0 Å². The second-order valence-electron chi connectivity index (χ2n) is 5.80. The molecule has 0 saturated carbocycles. The SMILES string of the molecule is NC[C@H]1CC[C@@H](C(=O)NCC(O)COc2cccc(C(F)(F)F)c2)O1. The Hall–Kier alpha value is -1.84. The smallest absolute Gasteiger partial charge is 0.416 e. The Morgan fingerprint density at radius 3 is 2.84 bits per heavy atom. The largest absolute Gasteiger partial charge is 0.491 e. The molecule has 1 heterocycles. The summed E-state index contributed by atoms with van der Waals surface area (Å²) < 4.78 is 48.4. The number of carbonyl (C=O) groups is 1. The Morgan fingerprint density at radius 1 is 1.44 bits per heavy atom. The first kappa shape index (κ1) is 19.5.